The summed E-state index contributed by atoms with van der Waals surface area (Å²) in [6.45, 7) is 2.18. The van der Waals surface area contributed by atoms with Crippen LogP contribution in [-0.4, -0.2) is 28.6 Å². The Balaban J connectivity index is 1.03. The second kappa shape index (κ2) is 14.5. The van der Waals surface area contributed by atoms with E-state index in [9.17, 15) is 4.79 Å². The lowest BCUT2D eigenvalue weighted by atomic mass is 10.0. The molecular formula is C35H36ClN3O2. The Kier molecular flexibility index (Phi) is 10.1. The van der Waals surface area contributed by atoms with Gasteiger partial charge in [-0.25, -0.2) is 4.98 Å². The molecule has 0 unspecified atom stereocenters. The highest BCUT2D eigenvalue weighted by Crippen LogP contribution is 2.21. The standard InChI is InChI=1S/C35H36ClN3O2/c36-30-19-21-31(22-20-30)41-25-9-24-39-33-13-7-6-12-32(33)38-34(39)14-5-2-8-23-37-35(40)26-27-15-17-29(18-16-27)28-10-3-1-4-11-28/h1,3-4,6-7,10-13,15-22H,2,5,8-9,14,23-26H2,(H,37,40). The Morgan fingerprint density at radius 2 is 1.51 bits per heavy atom. The fourth-order valence-electron chi connectivity index (χ4n) is 5.02. The highest BCUT2D eigenvalue weighted by molar-refractivity contribution is 6.30. The van der Waals surface area contributed by atoms with Gasteiger partial charge in [-0.15, -0.1) is 0 Å². The van der Waals surface area contributed by atoms with Crippen LogP contribution >= 0.6 is 11.6 Å². The number of carbonyl (C=O) groups is 1. The molecule has 1 N–H and O–H groups in total. The molecule has 0 spiro atoms. The Morgan fingerprint density at radius 3 is 2.32 bits per heavy atom. The molecule has 210 valence electrons. The van der Waals surface area contributed by atoms with E-state index in [2.05, 4.69) is 52.3 Å². The molecule has 0 atom stereocenters. The SMILES string of the molecule is O=C(Cc1ccc(-c2ccccc2)cc1)NCCCCCc1nc2ccccc2n1CCCOc1ccc(Cl)cc1. The first-order chi connectivity index (χ1) is 20.2. The van der Waals surface area contributed by atoms with Crippen LogP contribution in [0.15, 0.2) is 103 Å². The fraction of sp³-hybridized carbons (Fsp3) is 0.257. The molecule has 5 nitrogen and oxygen atoms in total. The number of unbranched alkanes of at least 4 members (excludes halogenated alkanes) is 2. The van der Waals surface area contributed by atoms with Crippen molar-refractivity contribution >= 4 is 28.5 Å². The van der Waals surface area contributed by atoms with Gasteiger partial charge in [0.2, 0.25) is 5.91 Å². The van der Waals surface area contributed by atoms with E-state index >= 15 is 0 Å². The number of rotatable bonds is 14. The molecular weight excluding hydrogens is 530 g/mol. The van der Waals surface area contributed by atoms with Crippen molar-refractivity contribution in [2.75, 3.05) is 13.2 Å². The number of hydrogen-bond donors (Lipinski definition) is 1. The summed E-state index contributed by atoms with van der Waals surface area (Å²) in [4.78, 5) is 17.4. The minimum absolute atomic E-state index is 0.0695. The molecule has 41 heavy (non-hydrogen) atoms. The molecule has 0 aliphatic carbocycles. The van der Waals surface area contributed by atoms with E-state index in [1.165, 1.54) is 5.56 Å². The quantitative estimate of drug-likeness (QED) is 0.139. The van der Waals surface area contributed by atoms with E-state index < -0.39 is 0 Å². The molecule has 0 saturated heterocycles. The number of aryl methyl sites for hydroxylation is 2. The van der Waals surface area contributed by atoms with Crippen molar-refractivity contribution in [3.05, 3.63) is 120 Å². The molecule has 1 amide bonds. The Morgan fingerprint density at radius 1 is 0.780 bits per heavy atom. The number of fused-ring (bicyclic) bond motifs is 1. The van der Waals surface area contributed by atoms with Crippen molar-refractivity contribution in [1.29, 1.82) is 0 Å². The third kappa shape index (κ3) is 8.21. The van der Waals surface area contributed by atoms with E-state index in [-0.39, 0.29) is 5.91 Å². The van der Waals surface area contributed by atoms with Crippen LogP contribution in [0.25, 0.3) is 22.2 Å². The summed E-state index contributed by atoms with van der Waals surface area (Å²) in [6.07, 6.45) is 5.22. The number of imidazole rings is 1. The van der Waals surface area contributed by atoms with E-state index in [0.717, 1.165) is 72.4 Å². The largest absolute Gasteiger partial charge is 0.494 e. The first-order valence-electron chi connectivity index (χ1n) is 14.4. The van der Waals surface area contributed by atoms with Crippen LogP contribution in [0.2, 0.25) is 5.02 Å². The van der Waals surface area contributed by atoms with Gasteiger partial charge in [-0.1, -0.05) is 84.8 Å². The lowest BCUT2D eigenvalue weighted by Gasteiger charge is -2.11. The molecule has 5 rings (SSSR count). The van der Waals surface area contributed by atoms with Gasteiger partial charge >= 0.3 is 0 Å². The van der Waals surface area contributed by atoms with Gasteiger partial charge in [0, 0.05) is 24.5 Å². The number of nitrogens with zero attached hydrogens (tertiary/aromatic N) is 2. The summed E-state index contributed by atoms with van der Waals surface area (Å²) in [7, 11) is 0. The summed E-state index contributed by atoms with van der Waals surface area (Å²) in [6, 6.07) is 34.3. The normalized spacial score (nSPS) is 11.0. The molecule has 0 aliphatic heterocycles. The molecule has 1 heterocycles. The third-order valence-electron chi connectivity index (χ3n) is 7.17. The Bertz CT molecular complexity index is 1530. The fourth-order valence-corrected chi connectivity index (χ4v) is 5.14. The molecule has 1 aromatic heterocycles. The summed E-state index contributed by atoms with van der Waals surface area (Å²) in [5.74, 6) is 2.01. The monoisotopic (exact) mass is 565 g/mol. The summed E-state index contributed by atoms with van der Waals surface area (Å²) in [5.41, 5.74) is 5.57. The van der Waals surface area contributed by atoms with E-state index in [0.29, 0.717) is 24.6 Å². The van der Waals surface area contributed by atoms with Gasteiger partial charge in [-0.3, -0.25) is 4.79 Å². The molecule has 6 heteroatoms. The predicted octanol–water partition coefficient (Wildman–Crippen LogP) is 7.90. The maximum atomic E-state index is 12.5. The molecule has 0 radical (unpaired) electrons. The first kappa shape index (κ1) is 28.4. The Labute approximate surface area is 247 Å². The van der Waals surface area contributed by atoms with Gasteiger partial charge in [0.1, 0.15) is 11.6 Å². The van der Waals surface area contributed by atoms with Crippen LogP contribution in [0, 0.1) is 0 Å². The van der Waals surface area contributed by atoms with Crippen LogP contribution in [-0.2, 0) is 24.2 Å². The predicted molar refractivity (Wildman–Crippen MR) is 167 cm³/mol. The van der Waals surface area contributed by atoms with Crippen LogP contribution in [0.3, 0.4) is 0 Å². The topological polar surface area (TPSA) is 56.2 Å². The summed E-state index contributed by atoms with van der Waals surface area (Å²) < 4.78 is 8.21. The number of carbonyl (C=O) groups excluding carboxylic acids is 1. The molecule has 5 aromatic rings. The maximum absolute atomic E-state index is 12.5. The van der Waals surface area contributed by atoms with Crippen LogP contribution in [0.1, 0.15) is 37.1 Å². The summed E-state index contributed by atoms with van der Waals surface area (Å²) >= 11 is 5.96. The van der Waals surface area contributed by atoms with Crippen molar-refractivity contribution < 1.29 is 9.53 Å². The smallest absolute Gasteiger partial charge is 0.224 e. The number of ether oxygens (including phenoxy) is 1. The zero-order chi connectivity index (χ0) is 28.3. The van der Waals surface area contributed by atoms with Crippen molar-refractivity contribution in [2.24, 2.45) is 0 Å². The number of amides is 1. The number of aromatic nitrogens is 2. The van der Waals surface area contributed by atoms with Crippen LogP contribution in [0.4, 0.5) is 0 Å². The number of para-hydroxylation sites is 2. The zero-order valence-corrected chi connectivity index (χ0v) is 24.0. The van der Waals surface area contributed by atoms with Crippen LogP contribution < -0.4 is 10.1 Å². The first-order valence-corrected chi connectivity index (χ1v) is 14.8. The van der Waals surface area contributed by atoms with Gasteiger partial charge < -0.3 is 14.6 Å². The zero-order valence-electron chi connectivity index (χ0n) is 23.3. The van der Waals surface area contributed by atoms with Crippen molar-refractivity contribution in [2.45, 2.75) is 45.1 Å². The second-order valence-corrected chi connectivity index (χ2v) is 10.7. The van der Waals surface area contributed by atoms with E-state index in [4.69, 9.17) is 21.3 Å². The number of nitrogens with one attached hydrogen (secondary N) is 1. The molecule has 0 bridgehead atoms. The minimum Gasteiger partial charge on any atom is -0.494 e. The maximum Gasteiger partial charge on any atom is 0.224 e. The molecule has 4 aromatic carbocycles. The number of halogens is 1. The van der Waals surface area contributed by atoms with Gasteiger partial charge in [0.25, 0.3) is 0 Å². The highest BCUT2D eigenvalue weighted by Gasteiger charge is 2.10. The molecule has 0 fully saturated rings. The highest BCUT2D eigenvalue weighted by atomic mass is 35.5. The van der Waals surface area contributed by atoms with Crippen molar-refractivity contribution in [3.63, 3.8) is 0 Å². The molecule has 0 saturated carbocycles. The minimum atomic E-state index is 0.0695. The average molecular weight is 566 g/mol. The van der Waals surface area contributed by atoms with Crippen molar-refractivity contribution in [1.82, 2.24) is 14.9 Å². The van der Waals surface area contributed by atoms with Gasteiger partial charge in [0.15, 0.2) is 0 Å². The van der Waals surface area contributed by atoms with Gasteiger partial charge in [0.05, 0.1) is 24.1 Å². The van der Waals surface area contributed by atoms with Gasteiger partial charge in [-0.2, -0.15) is 0 Å². The lowest BCUT2D eigenvalue weighted by molar-refractivity contribution is -0.120. The second-order valence-electron chi connectivity index (χ2n) is 10.2. The van der Waals surface area contributed by atoms with E-state index in [1.807, 2.05) is 60.7 Å². The number of hydrogen-bond acceptors (Lipinski definition) is 3. The van der Waals surface area contributed by atoms with Crippen molar-refractivity contribution in [3.8, 4) is 16.9 Å². The number of benzene rings is 4. The Hall–Kier alpha value is -4.09. The van der Waals surface area contributed by atoms with E-state index in [1.54, 1.807) is 0 Å². The van der Waals surface area contributed by atoms with Gasteiger partial charge in [-0.05, 0) is 72.4 Å². The third-order valence-corrected chi connectivity index (χ3v) is 7.42. The van der Waals surface area contributed by atoms with Crippen LogP contribution in [0.5, 0.6) is 5.75 Å². The lowest BCUT2D eigenvalue weighted by Crippen LogP contribution is -2.26. The average Bonchev–Trinajstić information content (AvgIpc) is 3.36. The molecule has 0 aliphatic rings. The summed E-state index contributed by atoms with van der Waals surface area (Å²) in [5, 5.41) is 3.79.